The number of nitrogens with one attached hydrogen (secondary N) is 1. The molecule has 0 spiro atoms. The van der Waals surface area contributed by atoms with Gasteiger partial charge in [-0.25, -0.2) is 0 Å². The summed E-state index contributed by atoms with van der Waals surface area (Å²) in [5, 5.41) is 22.4. The molecule has 0 fully saturated rings. The van der Waals surface area contributed by atoms with Crippen molar-refractivity contribution in [1.29, 1.82) is 0 Å². The molecule has 0 saturated carbocycles. The summed E-state index contributed by atoms with van der Waals surface area (Å²) < 4.78 is 0. The Labute approximate surface area is 147 Å². The van der Waals surface area contributed by atoms with Crippen LogP contribution in [0.1, 0.15) is 16.7 Å². The minimum Gasteiger partial charge on any atom is -0.508 e. The molecular formula is C20H24N2O3. The van der Waals surface area contributed by atoms with Gasteiger partial charge in [-0.1, -0.05) is 36.4 Å². The molecule has 2 aromatic rings. The van der Waals surface area contributed by atoms with Gasteiger partial charge in [-0.3, -0.25) is 9.69 Å². The summed E-state index contributed by atoms with van der Waals surface area (Å²) in [6, 6.07) is 15.0. The fourth-order valence-corrected chi connectivity index (χ4v) is 3.22. The SMILES string of the molecule is O=C(Cc1cccc(O)c1)NCC(O)CN1CCc2ccccc2C1. The molecule has 5 nitrogen and oxygen atoms in total. The highest BCUT2D eigenvalue weighted by Crippen LogP contribution is 2.18. The summed E-state index contributed by atoms with van der Waals surface area (Å²) in [6.45, 7) is 2.53. The van der Waals surface area contributed by atoms with Crippen LogP contribution in [0.3, 0.4) is 0 Å². The second-order valence-electron chi connectivity index (χ2n) is 6.56. The molecule has 1 amide bonds. The Kier molecular flexibility index (Phi) is 5.68. The Morgan fingerprint density at radius 2 is 1.96 bits per heavy atom. The highest BCUT2D eigenvalue weighted by Gasteiger charge is 2.18. The molecule has 0 radical (unpaired) electrons. The van der Waals surface area contributed by atoms with Gasteiger partial charge < -0.3 is 15.5 Å². The van der Waals surface area contributed by atoms with E-state index in [2.05, 4.69) is 28.4 Å². The van der Waals surface area contributed by atoms with E-state index in [-0.39, 0.29) is 24.6 Å². The average molecular weight is 340 g/mol. The fraction of sp³-hybridized carbons (Fsp3) is 0.350. The first-order valence-corrected chi connectivity index (χ1v) is 8.62. The second kappa shape index (κ2) is 8.14. The van der Waals surface area contributed by atoms with Crippen LogP contribution in [-0.4, -0.2) is 46.8 Å². The highest BCUT2D eigenvalue weighted by atomic mass is 16.3. The molecule has 0 bridgehead atoms. The number of phenolic OH excluding ortho intramolecular Hbond substituents is 1. The van der Waals surface area contributed by atoms with Crippen LogP contribution >= 0.6 is 0 Å². The van der Waals surface area contributed by atoms with Crippen molar-refractivity contribution in [2.45, 2.75) is 25.5 Å². The number of aromatic hydroxyl groups is 1. The minimum absolute atomic E-state index is 0.149. The average Bonchev–Trinajstić information content (AvgIpc) is 2.60. The zero-order chi connectivity index (χ0) is 17.6. The number of benzene rings is 2. The molecule has 5 heteroatoms. The molecule has 3 N–H and O–H groups in total. The molecular weight excluding hydrogens is 316 g/mol. The maximum atomic E-state index is 12.0. The molecule has 1 heterocycles. The van der Waals surface area contributed by atoms with E-state index < -0.39 is 6.10 Å². The third kappa shape index (κ3) is 5.05. The van der Waals surface area contributed by atoms with Gasteiger partial charge in [0, 0.05) is 26.2 Å². The minimum atomic E-state index is -0.599. The molecule has 0 aromatic heterocycles. The zero-order valence-electron chi connectivity index (χ0n) is 14.2. The third-order valence-corrected chi connectivity index (χ3v) is 4.49. The number of aliphatic hydroxyl groups is 1. The lowest BCUT2D eigenvalue weighted by molar-refractivity contribution is -0.121. The van der Waals surface area contributed by atoms with Crippen LogP contribution in [0.5, 0.6) is 5.75 Å². The Bertz CT molecular complexity index is 732. The summed E-state index contributed by atoms with van der Waals surface area (Å²) in [4.78, 5) is 14.2. The number of fused-ring (bicyclic) bond motifs is 1. The van der Waals surface area contributed by atoms with Gasteiger partial charge in [0.1, 0.15) is 5.75 Å². The third-order valence-electron chi connectivity index (χ3n) is 4.49. The first-order valence-electron chi connectivity index (χ1n) is 8.62. The molecule has 3 rings (SSSR count). The van der Waals surface area contributed by atoms with Gasteiger partial charge in [0.25, 0.3) is 0 Å². The monoisotopic (exact) mass is 340 g/mol. The van der Waals surface area contributed by atoms with Crippen LogP contribution in [-0.2, 0) is 24.2 Å². The van der Waals surface area contributed by atoms with E-state index in [0.29, 0.717) is 6.54 Å². The van der Waals surface area contributed by atoms with E-state index in [0.717, 1.165) is 25.1 Å². The van der Waals surface area contributed by atoms with E-state index >= 15 is 0 Å². The van der Waals surface area contributed by atoms with Gasteiger partial charge in [-0.05, 0) is 35.2 Å². The van der Waals surface area contributed by atoms with Crippen LogP contribution < -0.4 is 5.32 Å². The molecule has 1 unspecified atom stereocenters. The van der Waals surface area contributed by atoms with Crippen LogP contribution in [0, 0.1) is 0 Å². The number of rotatable bonds is 6. The number of hydrogen-bond acceptors (Lipinski definition) is 4. The van der Waals surface area contributed by atoms with Gasteiger partial charge in [0.05, 0.1) is 12.5 Å². The van der Waals surface area contributed by atoms with Crippen molar-refractivity contribution in [2.75, 3.05) is 19.6 Å². The summed E-state index contributed by atoms with van der Waals surface area (Å²) in [5.41, 5.74) is 3.45. The number of nitrogens with zero attached hydrogens (tertiary/aromatic N) is 1. The van der Waals surface area contributed by atoms with Crippen molar-refractivity contribution in [3.05, 3.63) is 65.2 Å². The second-order valence-corrected chi connectivity index (χ2v) is 6.56. The number of hydrogen-bond donors (Lipinski definition) is 3. The van der Waals surface area contributed by atoms with Crippen molar-refractivity contribution in [1.82, 2.24) is 10.2 Å². The van der Waals surface area contributed by atoms with Crippen LogP contribution in [0.4, 0.5) is 0 Å². The smallest absolute Gasteiger partial charge is 0.224 e. The maximum absolute atomic E-state index is 12.0. The summed E-state index contributed by atoms with van der Waals surface area (Å²) in [5.74, 6) is -0.00986. The number of amides is 1. The van der Waals surface area contributed by atoms with Crippen molar-refractivity contribution in [3.8, 4) is 5.75 Å². The maximum Gasteiger partial charge on any atom is 0.224 e. The first-order chi connectivity index (χ1) is 12.1. The predicted octanol–water partition coefficient (Wildman–Crippen LogP) is 1.47. The van der Waals surface area contributed by atoms with Crippen molar-refractivity contribution in [2.24, 2.45) is 0 Å². The molecule has 1 aliphatic heterocycles. The van der Waals surface area contributed by atoms with E-state index in [9.17, 15) is 15.0 Å². The Hall–Kier alpha value is -2.37. The van der Waals surface area contributed by atoms with Crippen LogP contribution in [0.2, 0.25) is 0 Å². The van der Waals surface area contributed by atoms with Gasteiger partial charge in [0.15, 0.2) is 0 Å². The largest absolute Gasteiger partial charge is 0.508 e. The molecule has 1 aliphatic rings. The van der Waals surface area contributed by atoms with Crippen LogP contribution in [0.25, 0.3) is 0 Å². The van der Waals surface area contributed by atoms with E-state index in [4.69, 9.17) is 0 Å². The van der Waals surface area contributed by atoms with Gasteiger partial charge in [-0.15, -0.1) is 0 Å². The van der Waals surface area contributed by atoms with Gasteiger partial charge >= 0.3 is 0 Å². The molecule has 0 saturated heterocycles. The van der Waals surface area contributed by atoms with Crippen LogP contribution in [0.15, 0.2) is 48.5 Å². The molecule has 25 heavy (non-hydrogen) atoms. The lowest BCUT2D eigenvalue weighted by atomic mass is 10.00. The lowest BCUT2D eigenvalue weighted by Crippen LogP contribution is -2.42. The Morgan fingerprint density at radius 1 is 1.16 bits per heavy atom. The summed E-state index contributed by atoms with van der Waals surface area (Å²) >= 11 is 0. The Balaban J connectivity index is 1.42. The number of carbonyl (C=O) groups is 1. The number of aliphatic hydroxyl groups excluding tert-OH is 1. The Morgan fingerprint density at radius 3 is 2.76 bits per heavy atom. The first kappa shape index (κ1) is 17.5. The van der Waals surface area contributed by atoms with Crippen molar-refractivity contribution in [3.63, 3.8) is 0 Å². The predicted molar refractivity (Wildman–Crippen MR) is 96.3 cm³/mol. The molecule has 2 aromatic carbocycles. The molecule has 132 valence electrons. The quantitative estimate of drug-likeness (QED) is 0.745. The van der Waals surface area contributed by atoms with E-state index in [1.54, 1.807) is 24.3 Å². The molecule has 1 atom stereocenters. The summed E-state index contributed by atoms with van der Waals surface area (Å²) in [7, 11) is 0. The summed E-state index contributed by atoms with van der Waals surface area (Å²) in [6.07, 6.45) is 0.587. The highest BCUT2D eigenvalue weighted by molar-refractivity contribution is 5.78. The zero-order valence-corrected chi connectivity index (χ0v) is 14.2. The van der Waals surface area contributed by atoms with Gasteiger partial charge in [0.2, 0.25) is 5.91 Å². The van der Waals surface area contributed by atoms with E-state index in [1.165, 1.54) is 11.1 Å². The van der Waals surface area contributed by atoms with Gasteiger partial charge in [-0.2, -0.15) is 0 Å². The topological polar surface area (TPSA) is 72.8 Å². The van der Waals surface area contributed by atoms with E-state index in [1.807, 2.05) is 6.07 Å². The standard InChI is InChI=1S/C20H24N2O3/c23-18-7-3-4-15(10-18)11-20(25)21-12-19(24)14-22-9-8-16-5-1-2-6-17(16)13-22/h1-7,10,19,23-24H,8-9,11-14H2,(H,21,25). The normalized spacial score (nSPS) is 15.4. The number of carbonyl (C=O) groups excluding carboxylic acids is 1. The molecule has 0 aliphatic carbocycles. The number of β-amino-alcohol motifs (C(OH)–C–C–N with tert-alkyl or cyclic N) is 1. The van der Waals surface area contributed by atoms with Crippen molar-refractivity contribution < 1.29 is 15.0 Å². The fourth-order valence-electron chi connectivity index (χ4n) is 3.22. The lowest BCUT2D eigenvalue weighted by Gasteiger charge is -2.30. The number of phenols is 1. The van der Waals surface area contributed by atoms with Crippen molar-refractivity contribution >= 4 is 5.91 Å².